The molecule has 1 aromatic heterocycles. The summed E-state index contributed by atoms with van der Waals surface area (Å²) in [6, 6.07) is 9.07. The fourth-order valence-electron chi connectivity index (χ4n) is 3.94. The number of rotatable bonds is 6. The van der Waals surface area contributed by atoms with Gasteiger partial charge in [0.1, 0.15) is 17.6 Å². The van der Waals surface area contributed by atoms with Crippen LogP contribution in [0.5, 0.6) is 5.75 Å². The summed E-state index contributed by atoms with van der Waals surface area (Å²) in [5, 5.41) is 2.56. The maximum Gasteiger partial charge on any atom is 0.245 e. The molecule has 10 heteroatoms. The van der Waals surface area contributed by atoms with E-state index in [4.69, 9.17) is 20.8 Å². The van der Waals surface area contributed by atoms with Crippen LogP contribution in [0.25, 0.3) is 11.3 Å². The maximum absolute atomic E-state index is 13.3. The van der Waals surface area contributed by atoms with E-state index < -0.39 is 11.9 Å². The molecule has 2 amide bonds. The molecule has 1 fully saturated rings. The number of oxazole rings is 1. The predicted molar refractivity (Wildman–Crippen MR) is 127 cm³/mol. The summed E-state index contributed by atoms with van der Waals surface area (Å²) in [7, 11) is 1.57. The lowest BCUT2D eigenvalue weighted by atomic mass is 10.1. The van der Waals surface area contributed by atoms with Gasteiger partial charge in [-0.2, -0.15) is 0 Å². The Morgan fingerprint density at radius 1 is 1.29 bits per heavy atom. The second kappa shape index (κ2) is 9.72. The highest BCUT2D eigenvalue weighted by Gasteiger charge is 2.33. The van der Waals surface area contributed by atoms with Crippen molar-refractivity contribution < 1.29 is 23.1 Å². The minimum Gasteiger partial charge on any atom is -0.496 e. The Morgan fingerprint density at radius 3 is 2.76 bits per heavy atom. The Morgan fingerprint density at radius 2 is 2.09 bits per heavy atom. The van der Waals surface area contributed by atoms with Gasteiger partial charge in [0, 0.05) is 37.5 Å². The van der Waals surface area contributed by atoms with Crippen LogP contribution >= 0.6 is 11.6 Å². The number of nitrogens with zero attached hydrogens (tertiary/aromatic N) is 3. The van der Waals surface area contributed by atoms with Gasteiger partial charge in [0.25, 0.3) is 0 Å². The molecule has 0 radical (unpaired) electrons. The summed E-state index contributed by atoms with van der Waals surface area (Å²) in [5.41, 5.74) is 1.95. The number of ether oxygens (including phenoxy) is 1. The number of aryl methyl sites for hydroxylation is 1. The van der Waals surface area contributed by atoms with Crippen LogP contribution in [0, 0.1) is 12.7 Å². The standard InChI is InChI=1S/C24H24ClFN4O4/c1-14-24(32)29(13-23(31)28-16-4-7-20(26)19(25)10-16)8-9-30(14)17-5-6-18(21(11-17)33-3)22-12-27-15(2)34-22/h4-7,10-12,14H,8-9,13H2,1-3H3,(H,28,31). The molecule has 4 rings (SSSR count). The van der Waals surface area contributed by atoms with Crippen molar-refractivity contribution in [2.75, 3.05) is 37.0 Å². The molecule has 34 heavy (non-hydrogen) atoms. The van der Waals surface area contributed by atoms with Crippen molar-refractivity contribution >= 4 is 34.8 Å². The molecule has 1 aliphatic heterocycles. The lowest BCUT2D eigenvalue weighted by molar-refractivity contribution is -0.137. The van der Waals surface area contributed by atoms with E-state index >= 15 is 0 Å². The SMILES string of the molecule is COc1cc(N2CCN(CC(=O)Nc3ccc(F)c(Cl)c3)C(=O)C2C)ccc1-c1cnc(C)o1. The van der Waals surface area contributed by atoms with Gasteiger partial charge in [0.2, 0.25) is 11.8 Å². The third-order valence-electron chi connectivity index (χ3n) is 5.69. The van der Waals surface area contributed by atoms with E-state index in [0.29, 0.717) is 36.2 Å². The zero-order valence-corrected chi connectivity index (χ0v) is 19.7. The number of nitrogens with one attached hydrogen (secondary N) is 1. The number of halogens is 2. The number of carbonyl (C=O) groups is 2. The molecule has 1 saturated heterocycles. The number of aromatic nitrogens is 1. The van der Waals surface area contributed by atoms with Gasteiger partial charge in [-0.3, -0.25) is 9.59 Å². The van der Waals surface area contributed by atoms with Gasteiger partial charge >= 0.3 is 0 Å². The lowest BCUT2D eigenvalue weighted by Gasteiger charge is -2.40. The first-order valence-corrected chi connectivity index (χ1v) is 11.1. The molecule has 1 unspecified atom stereocenters. The van der Waals surface area contributed by atoms with E-state index in [1.54, 1.807) is 27.2 Å². The van der Waals surface area contributed by atoms with Crippen molar-refractivity contribution in [2.24, 2.45) is 0 Å². The zero-order valence-electron chi connectivity index (χ0n) is 19.0. The molecular weight excluding hydrogens is 463 g/mol. The zero-order chi connectivity index (χ0) is 24.4. The summed E-state index contributed by atoms with van der Waals surface area (Å²) >= 11 is 5.76. The highest BCUT2D eigenvalue weighted by Crippen LogP contribution is 2.35. The minimum atomic E-state index is -0.569. The molecule has 0 spiro atoms. The van der Waals surface area contributed by atoms with Gasteiger partial charge < -0.3 is 24.3 Å². The topological polar surface area (TPSA) is 87.9 Å². The van der Waals surface area contributed by atoms with Crippen LogP contribution in [0.1, 0.15) is 12.8 Å². The molecule has 1 aliphatic rings. The van der Waals surface area contributed by atoms with Crippen LogP contribution in [0.2, 0.25) is 5.02 Å². The van der Waals surface area contributed by atoms with Crippen LogP contribution in [0.3, 0.4) is 0 Å². The predicted octanol–water partition coefficient (Wildman–Crippen LogP) is 4.13. The molecule has 1 atom stereocenters. The second-order valence-electron chi connectivity index (χ2n) is 7.93. The number of hydrogen-bond acceptors (Lipinski definition) is 6. The van der Waals surface area contributed by atoms with Crippen molar-refractivity contribution in [1.82, 2.24) is 9.88 Å². The number of hydrogen-bond donors (Lipinski definition) is 1. The van der Waals surface area contributed by atoms with Gasteiger partial charge in [-0.05, 0) is 37.3 Å². The first-order chi connectivity index (χ1) is 16.3. The van der Waals surface area contributed by atoms with Crippen molar-refractivity contribution in [1.29, 1.82) is 0 Å². The van der Waals surface area contributed by atoms with Crippen LogP contribution in [0.15, 0.2) is 47.0 Å². The third-order valence-corrected chi connectivity index (χ3v) is 5.98. The Balaban J connectivity index is 1.44. The van der Waals surface area contributed by atoms with E-state index in [1.165, 1.54) is 23.1 Å². The lowest BCUT2D eigenvalue weighted by Crippen LogP contribution is -2.57. The molecule has 2 heterocycles. The summed E-state index contributed by atoms with van der Waals surface area (Å²) in [6.07, 6.45) is 1.64. The summed E-state index contributed by atoms with van der Waals surface area (Å²) < 4.78 is 24.5. The fraction of sp³-hybridized carbons (Fsp3) is 0.292. The van der Waals surface area contributed by atoms with Gasteiger partial charge in [0.15, 0.2) is 11.7 Å². The highest BCUT2D eigenvalue weighted by molar-refractivity contribution is 6.31. The third kappa shape index (κ3) is 4.84. The first-order valence-electron chi connectivity index (χ1n) is 10.7. The fourth-order valence-corrected chi connectivity index (χ4v) is 4.12. The molecule has 2 aromatic carbocycles. The molecule has 8 nitrogen and oxygen atoms in total. The summed E-state index contributed by atoms with van der Waals surface area (Å²) in [6.45, 7) is 4.36. The van der Waals surface area contributed by atoms with Crippen molar-refractivity contribution in [3.05, 3.63) is 59.3 Å². The number of carbonyl (C=O) groups excluding carboxylic acids is 2. The van der Waals surface area contributed by atoms with Gasteiger partial charge in [-0.15, -0.1) is 0 Å². The molecule has 0 saturated carbocycles. The van der Waals surface area contributed by atoms with Crippen LogP contribution in [-0.2, 0) is 9.59 Å². The maximum atomic E-state index is 13.3. The summed E-state index contributed by atoms with van der Waals surface area (Å²) in [5.74, 6) is 0.636. The van der Waals surface area contributed by atoms with Crippen LogP contribution in [-0.4, -0.2) is 54.5 Å². The second-order valence-corrected chi connectivity index (χ2v) is 8.34. The monoisotopic (exact) mass is 486 g/mol. The number of anilines is 2. The van der Waals surface area contributed by atoms with E-state index in [0.717, 1.165) is 11.3 Å². The normalized spacial score (nSPS) is 16.0. The molecule has 1 N–H and O–H groups in total. The Kier molecular flexibility index (Phi) is 6.74. The number of amides is 2. The molecule has 3 aromatic rings. The van der Waals surface area contributed by atoms with Crippen molar-refractivity contribution in [3.63, 3.8) is 0 Å². The smallest absolute Gasteiger partial charge is 0.245 e. The largest absolute Gasteiger partial charge is 0.496 e. The Labute approximate surface area is 201 Å². The number of methoxy groups -OCH3 is 1. The number of piperazine rings is 1. The number of benzene rings is 2. The van der Waals surface area contributed by atoms with Crippen LogP contribution < -0.4 is 15.0 Å². The van der Waals surface area contributed by atoms with E-state index in [-0.39, 0.29) is 23.4 Å². The van der Waals surface area contributed by atoms with Crippen molar-refractivity contribution in [2.45, 2.75) is 19.9 Å². The van der Waals surface area contributed by atoms with E-state index in [9.17, 15) is 14.0 Å². The van der Waals surface area contributed by atoms with E-state index in [1.807, 2.05) is 23.1 Å². The first kappa shape index (κ1) is 23.6. The van der Waals surface area contributed by atoms with E-state index in [2.05, 4.69) is 10.3 Å². The van der Waals surface area contributed by atoms with Gasteiger partial charge in [-0.1, -0.05) is 11.6 Å². The average Bonchev–Trinajstić information content (AvgIpc) is 3.25. The quantitative estimate of drug-likeness (QED) is 0.563. The molecule has 178 valence electrons. The average molecular weight is 487 g/mol. The molecule has 0 bridgehead atoms. The Hall–Kier alpha value is -3.59. The molecular formula is C24H24ClFN4O4. The van der Waals surface area contributed by atoms with Gasteiger partial charge in [-0.25, -0.2) is 9.37 Å². The summed E-state index contributed by atoms with van der Waals surface area (Å²) in [4.78, 5) is 33.1. The minimum absolute atomic E-state index is 0.0870. The molecule has 0 aliphatic carbocycles. The van der Waals surface area contributed by atoms with Gasteiger partial charge in [0.05, 0.1) is 30.4 Å². The highest BCUT2D eigenvalue weighted by atomic mass is 35.5. The van der Waals surface area contributed by atoms with Crippen molar-refractivity contribution in [3.8, 4) is 17.1 Å². The Bertz CT molecular complexity index is 1230. The van der Waals surface area contributed by atoms with Crippen LogP contribution in [0.4, 0.5) is 15.8 Å².